The Morgan fingerprint density at radius 1 is 1.33 bits per heavy atom. The van der Waals surface area contributed by atoms with Crippen molar-refractivity contribution in [1.82, 2.24) is 10.0 Å². The van der Waals surface area contributed by atoms with Gasteiger partial charge in [-0.1, -0.05) is 24.6 Å². The maximum Gasteiger partial charge on any atom is 0.242 e. The Morgan fingerprint density at radius 3 is 2.57 bits per heavy atom. The molecule has 0 heterocycles. The van der Waals surface area contributed by atoms with Gasteiger partial charge in [0, 0.05) is 13.7 Å². The van der Waals surface area contributed by atoms with Gasteiger partial charge in [-0.15, -0.1) is 0 Å². The van der Waals surface area contributed by atoms with Gasteiger partial charge in [0.15, 0.2) is 0 Å². The normalized spacial score (nSPS) is 12.6. The lowest BCUT2D eigenvalue weighted by atomic mass is 10.1. The lowest BCUT2D eigenvalue weighted by Crippen LogP contribution is -2.46. The smallest absolute Gasteiger partial charge is 0.242 e. The quantitative estimate of drug-likeness (QED) is 0.764. The van der Waals surface area contributed by atoms with Crippen molar-refractivity contribution in [2.45, 2.75) is 37.8 Å². The van der Waals surface area contributed by atoms with Crippen molar-refractivity contribution in [3.8, 4) is 0 Å². The molecule has 7 heteroatoms. The van der Waals surface area contributed by atoms with E-state index >= 15 is 0 Å². The van der Waals surface area contributed by atoms with E-state index in [-0.39, 0.29) is 16.5 Å². The Balaban J connectivity index is 3.07. The van der Waals surface area contributed by atoms with Crippen LogP contribution in [0.5, 0.6) is 0 Å². The molecule has 0 unspecified atom stereocenters. The van der Waals surface area contributed by atoms with E-state index in [0.29, 0.717) is 6.54 Å². The number of methoxy groups -OCH3 is 1. The SMILES string of the molecule is CCNCc1ccc(Cl)c(S(=O)(=O)NC(C)(C)COC)c1. The molecular formula is C14H23ClN2O3S. The van der Waals surface area contributed by atoms with Crippen LogP contribution in [0.3, 0.4) is 0 Å². The first-order valence-corrected chi connectivity index (χ1v) is 8.60. The van der Waals surface area contributed by atoms with E-state index in [1.165, 1.54) is 7.11 Å². The molecule has 1 rings (SSSR count). The van der Waals surface area contributed by atoms with Crippen LogP contribution in [0.15, 0.2) is 23.1 Å². The van der Waals surface area contributed by atoms with Gasteiger partial charge >= 0.3 is 0 Å². The second kappa shape index (κ2) is 7.56. The van der Waals surface area contributed by atoms with Gasteiger partial charge < -0.3 is 10.1 Å². The van der Waals surface area contributed by atoms with Crippen LogP contribution < -0.4 is 10.0 Å². The molecule has 0 bridgehead atoms. The first-order chi connectivity index (χ1) is 9.72. The topological polar surface area (TPSA) is 67.4 Å². The standard InChI is InChI=1S/C14H23ClN2O3S/c1-5-16-9-11-6-7-12(15)13(8-11)21(18,19)17-14(2,3)10-20-4/h6-8,16-17H,5,9-10H2,1-4H3. The number of sulfonamides is 1. The van der Waals surface area contributed by atoms with Crippen molar-refractivity contribution in [3.05, 3.63) is 28.8 Å². The summed E-state index contributed by atoms with van der Waals surface area (Å²) in [6.45, 7) is 7.17. The predicted molar refractivity (Wildman–Crippen MR) is 85.1 cm³/mol. The maximum absolute atomic E-state index is 12.5. The fourth-order valence-electron chi connectivity index (χ4n) is 1.94. The van der Waals surface area contributed by atoms with Gasteiger partial charge in [-0.3, -0.25) is 0 Å². The molecule has 120 valence electrons. The molecule has 5 nitrogen and oxygen atoms in total. The molecule has 0 amide bonds. The highest BCUT2D eigenvalue weighted by atomic mass is 35.5. The van der Waals surface area contributed by atoms with E-state index in [9.17, 15) is 8.42 Å². The van der Waals surface area contributed by atoms with E-state index < -0.39 is 15.6 Å². The van der Waals surface area contributed by atoms with Crippen LogP contribution in [0.2, 0.25) is 5.02 Å². The number of halogens is 1. The Hall–Kier alpha value is -0.660. The Bertz CT molecular complexity index is 574. The van der Waals surface area contributed by atoms with E-state index in [1.807, 2.05) is 13.0 Å². The molecule has 1 aromatic rings. The van der Waals surface area contributed by atoms with Crippen molar-refractivity contribution in [2.24, 2.45) is 0 Å². The zero-order valence-electron chi connectivity index (χ0n) is 12.9. The van der Waals surface area contributed by atoms with Gasteiger partial charge in [-0.25, -0.2) is 13.1 Å². The van der Waals surface area contributed by atoms with E-state index in [4.69, 9.17) is 16.3 Å². The zero-order valence-corrected chi connectivity index (χ0v) is 14.4. The molecule has 21 heavy (non-hydrogen) atoms. The molecule has 0 atom stereocenters. The van der Waals surface area contributed by atoms with Crippen molar-refractivity contribution in [2.75, 3.05) is 20.3 Å². The van der Waals surface area contributed by atoms with Crippen molar-refractivity contribution < 1.29 is 13.2 Å². The number of rotatable bonds is 8. The maximum atomic E-state index is 12.5. The number of hydrogen-bond acceptors (Lipinski definition) is 4. The number of nitrogens with one attached hydrogen (secondary N) is 2. The molecule has 0 aliphatic rings. The molecule has 0 aliphatic carbocycles. The first-order valence-electron chi connectivity index (χ1n) is 6.74. The molecule has 0 saturated carbocycles. The van der Waals surface area contributed by atoms with Crippen LogP contribution in [-0.4, -0.2) is 34.2 Å². The lowest BCUT2D eigenvalue weighted by Gasteiger charge is -2.25. The molecule has 0 aliphatic heterocycles. The predicted octanol–water partition coefficient (Wildman–Crippen LogP) is 2.15. The first kappa shape index (κ1) is 18.4. The average molecular weight is 335 g/mol. The number of benzene rings is 1. The molecule has 0 spiro atoms. The van der Waals surface area contributed by atoms with Crippen LogP contribution in [0.25, 0.3) is 0 Å². The number of ether oxygens (including phenoxy) is 1. The molecule has 1 aromatic carbocycles. The molecule has 0 radical (unpaired) electrons. The molecule has 0 fully saturated rings. The van der Waals surface area contributed by atoms with Crippen molar-refractivity contribution >= 4 is 21.6 Å². The highest BCUT2D eigenvalue weighted by Gasteiger charge is 2.27. The zero-order chi connectivity index (χ0) is 16.1. The van der Waals surface area contributed by atoms with Gasteiger partial charge in [-0.2, -0.15) is 0 Å². The minimum Gasteiger partial charge on any atom is -0.383 e. The van der Waals surface area contributed by atoms with Crippen LogP contribution in [0.4, 0.5) is 0 Å². The monoisotopic (exact) mass is 334 g/mol. The molecule has 0 saturated heterocycles. The summed E-state index contributed by atoms with van der Waals surface area (Å²) in [5.74, 6) is 0. The van der Waals surface area contributed by atoms with Gasteiger partial charge in [0.25, 0.3) is 0 Å². The highest BCUT2D eigenvalue weighted by Crippen LogP contribution is 2.24. The summed E-state index contributed by atoms with van der Waals surface area (Å²) in [7, 11) is -2.18. The third-order valence-electron chi connectivity index (χ3n) is 2.78. The fraction of sp³-hybridized carbons (Fsp3) is 0.571. The fourth-order valence-corrected chi connectivity index (χ4v) is 3.89. The Labute approximate surface area is 132 Å². The van der Waals surface area contributed by atoms with Crippen LogP contribution >= 0.6 is 11.6 Å². The van der Waals surface area contributed by atoms with E-state index in [0.717, 1.165) is 12.1 Å². The number of hydrogen-bond donors (Lipinski definition) is 2. The van der Waals surface area contributed by atoms with Crippen molar-refractivity contribution in [1.29, 1.82) is 0 Å². The van der Waals surface area contributed by atoms with Crippen LogP contribution in [0.1, 0.15) is 26.3 Å². The summed E-state index contributed by atoms with van der Waals surface area (Å²) in [5.41, 5.74) is 0.153. The van der Waals surface area contributed by atoms with Gasteiger partial charge in [-0.05, 0) is 38.1 Å². The summed E-state index contributed by atoms with van der Waals surface area (Å²) in [5, 5.41) is 3.36. The highest BCUT2D eigenvalue weighted by molar-refractivity contribution is 7.89. The second-order valence-electron chi connectivity index (χ2n) is 5.47. The van der Waals surface area contributed by atoms with E-state index in [2.05, 4.69) is 10.0 Å². The average Bonchev–Trinajstić information content (AvgIpc) is 2.36. The van der Waals surface area contributed by atoms with Gasteiger partial charge in [0.05, 0.1) is 17.2 Å². The molecule has 2 N–H and O–H groups in total. The molecular weight excluding hydrogens is 312 g/mol. The second-order valence-corrected chi connectivity index (χ2v) is 7.53. The minimum atomic E-state index is -3.71. The van der Waals surface area contributed by atoms with Gasteiger partial charge in [0.2, 0.25) is 10.0 Å². The molecule has 0 aromatic heterocycles. The lowest BCUT2D eigenvalue weighted by molar-refractivity contribution is 0.141. The largest absolute Gasteiger partial charge is 0.383 e. The third kappa shape index (κ3) is 5.56. The summed E-state index contributed by atoms with van der Waals surface area (Å²) in [6.07, 6.45) is 0. The summed E-state index contributed by atoms with van der Waals surface area (Å²) < 4.78 is 32.6. The van der Waals surface area contributed by atoms with E-state index in [1.54, 1.807) is 26.0 Å². The Kier molecular flexibility index (Phi) is 6.62. The minimum absolute atomic E-state index is 0.0868. The summed E-state index contributed by atoms with van der Waals surface area (Å²) in [6, 6.07) is 5.01. The van der Waals surface area contributed by atoms with Crippen LogP contribution in [0, 0.1) is 0 Å². The van der Waals surface area contributed by atoms with Crippen LogP contribution in [-0.2, 0) is 21.3 Å². The summed E-state index contributed by atoms with van der Waals surface area (Å²) >= 11 is 6.05. The van der Waals surface area contributed by atoms with Crippen molar-refractivity contribution in [3.63, 3.8) is 0 Å². The summed E-state index contributed by atoms with van der Waals surface area (Å²) in [4.78, 5) is 0.0868. The Morgan fingerprint density at radius 2 is 2.00 bits per heavy atom. The van der Waals surface area contributed by atoms with Gasteiger partial charge in [0.1, 0.15) is 4.90 Å². The third-order valence-corrected chi connectivity index (χ3v) is 4.96.